The second-order valence-corrected chi connectivity index (χ2v) is 2.10. The van der Waals surface area contributed by atoms with Crippen molar-refractivity contribution in [1.82, 2.24) is 0 Å². The van der Waals surface area contributed by atoms with E-state index in [4.69, 9.17) is 0 Å². The maximum atomic E-state index is 2.16. The van der Waals surface area contributed by atoms with Crippen LogP contribution in [0.15, 0.2) is 36.0 Å². The van der Waals surface area contributed by atoms with Crippen LogP contribution in [0.4, 0.5) is 0 Å². The van der Waals surface area contributed by atoms with E-state index < -0.39 is 0 Å². The van der Waals surface area contributed by atoms with Gasteiger partial charge < -0.3 is 0 Å². The number of rotatable bonds is 3. The predicted octanol–water partition coefficient (Wildman–Crippen LogP) is 5.53. The zero-order chi connectivity index (χ0) is 11.8. The minimum Gasteiger partial charge on any atom is -0.0877 e. The van der Waals surface area contributed by atoms with Crippen molar-refractivity contribution in [3.8, 4) is 0 Å². The zero-order valence-corrected chi connectivity index (χ0v) is 11.1. The summed E-state index contributed by atoms with van der Waals surface area (Å²) in [6, 6.07) is 0. The molecule has 0 nitrogen and oxygen atoms in total. The lowest BCUT2D eigenvalue weighted by Gasteiger charge is -1.90. The summed E-state index contributed by atoms with van der Waals surface area (Å²) < 4.78 is 0. The molecule has 0 atom stereocenters. The summed E-state index contributed by atoms with van der Waals surface area (Å²) in [5.41, 5.74) is 1.39. The summed E-state index contributed by atoms with van der Waals surface area (Å²) in [7, 11) is 0. The van der Waals surface area contributed by atoms with E-state index in [1.165, 1.54) is 5.57 Å². The second-order valence-electron chi connectivity index (χ2n) is 2.10. The van der Waals surface area contributed by atoms with E-state index in [9.17, 15) is 0 Å². The minimum atomic E-state index is 1.12. The van der Waals surface area contributed by atoms with Crippen molar-refractivity contribution in [3.05, 3.63) is 36.0 Å². The van der Waals surface area contributed by atoms with E-state index in [1.807, 2.05) is 46.8 Å². The van der Waals surface area contributed by atoms with Crippen molar-refractivity contribution in [3.63, 3.8) is 0 Å². The van der Waals surface area contributed by atoms with E-state index >= 15 is 0 Å². The maximum Gasteiger partial charge on any atom is -0.0311 e. The van der Waals surface area contributed by atoms with Gasteiger partial charge in [-0.2, -0.15) is 0 Å². The van der Waals surface area contributed by atoms with Crippen LogP contribution in [-0.2, 0) is 0 Å². The molecule has 0 fully saturated rings. The fourth-order valence-electron chi connectivity index (χ4n) is 0.708. The van der Waals surface area contributed by atoms with Crippen LogP contribution in [0, 0.1) is 0 Å². The van der Waals surface area contributed by atoms with Crippen molar-refractivity contribution >= 4 is 0 Å². The Labute approximate surface area is 91.4 Å². The Bertz CT molecular complexity index is 147. The first kappa shape index (κ1) is 18.9. The lowest BCUT2D eigenvalue weighted by atomic mass is 10.2. The number of hydrogen-bond donors (Lipinski definition) is 0. The van der Waals surface area contributed by atoms with Gasteiger partial charge in [-0.25, -0.2) is 0 Å². The summed E-state index contributed by atoms with van der Waals surface area (Å²) in [5, 5.41) is 0. The number of hydrogen-bond acceptors (Lipinski definition) is 0. The number of allylic oxidation sites excluding steroid dienone is 6. The van der Waals surface area contributed by atoms with Crippen molar-refractivity contribution < 1.29 is 0 Å². The molecule has 0 saturated carbocycles. The largest absolute Gasteiger partial charge is 0.0877 e. The minimum absolute atomic E-state index is 1.12. The monoisotopic (exact) mass is 196 g/mol. The van der Waals surface area contributed by atoms with Crippen LogP contribution in [0.2, 0.25) is 0 Å². The molecule has 0 rings (SSSR count). The van der Waals surface area contributed by atoms with Gasteiger partial charge in [0.25, 0.3) is 0 Å². The molecule has 0 spiro atoms. The normalized spacial score (nSPS) is 10.6. The Kier molecular flexibility index (Phi) is 30.7. The van der Waals surface area contributed by atoms with Crippen molar-refractivity contribution in [2.75, 3.05) is 0 Å². The summed E-state index contributed by atoms with van der Waals surface area (Å²) >= 11 is 0. The lowest BCUT2D eigenvalue weighted by molar-refractivity contribution is 1.14. The molecule has 0 bridgehead atoms. The Hall–Kier alpha value is -0.780. The van der Waals surface area contributed by atoms with Gasteiger partial charge in [-0.05, 0) is 20.3 Å². The van der Waals surface area contributed by atoms with Crippen LogP contribution in [0.5, 0.6) is 0 Å². The highest BCUT2D eigenvalue weighted by atomic mass is 13.9. The van der Waals surface area contributed by atoms with Crippen LogP contribution in [0.25, 0.3) is 0 Å². The zero-order valence-electron chi connectivity index (χ0n) is 11.1. The molecule has 0 aromatic rings. The van der Waals surface area contributed by atoms with Crippen LogP contribution in [0.3, 0.4) is 0 Å². The molecular weight excluding hydrogens is 168 g/mol. The molecule has 0 aliphatic carbocycles. The van der Waals surface area contributed by atoms with Crippen molar-refractivity contribution in [2.45, 2.75) is 54.9 Å². The molecule has 0 aliphatic rings. The molecule has 0 aromatic heterocycles. The Morgan fingerprint density at radius 1 is 0.929 bits per heavy atom. The van der Waals surface area contributed by atoms with Gasteiger partial charge in [0.1, 0.15) is 0 Å². The molecule has 14 heavy (non-hydrogen) atoms. The first-order valence-corrected chi connectivity index (χ1v) is 5.79. The molecule has 0 aromatic carbocycles. The van der Waals surface area contributed by atoms with Gasteiger partial charge in [0, 0.05) is 0 Å². The van der Waals surface area contributed by atoms with Gasteiger partial charge in [0.15, 0.2) is 0 Å². The highest BCUT2D eigenvalue weighted by Gasteiger charge is 1.80. The third-order valence-corrected chi connectivity index (χ3v) is 1.39. The van der Waals surface area contributed by atoms with E-state index in [2.05, 4.69) is 32.1 Å². The topological polar surface area (TPSA) is 0 Å². The van der Waals surface area contributed by atoms with Gasteiger partial charge in [0.2, 0.25) is 0 Å². The van der Waals surface area contributed by atoms with Crippen LogP contribution < -0.4 is 0 Å². The molecule has 0 saturated heterocycles. The quantitative estimate of drug-likeness (QED) is 0.521. The molecule has 0 radical (unpaired) electrons. The Balaban J connectivity index is -0.000000266. The molecule has 0 heteroatoms. The molecular formula is C14H28. The Morgan fingerprint density at radius 2 is 1.43 bits per heavy atom. The highest BCUT2D eigenvalue weighted by molar-refractivity contribution is 5.20. The van der Waals surface area contributed by atoms with Crippen molar-refractivity contribution in [1.29, 1.82) is 0 Å². The van der Waals surface area contributed by atoms with Crippen LogP contribution in [0.1, 0.15) is 54.9 Å². The maximum absolute atomic E-state index is 2.16. The van der Waals surface area contributed by atoms with E-state index in [0.29, 0.717) is 0 Å². The van der Waals surface area contributed by atoms with Crippen LogP contribution >= 0.6 is 0 Å². The summed E-state index contributed by atoms with van der Waals surface area (Å²) in [6.45, 7) is 14.2. The van der Waals surface area contributed by atoms with Gasteiger partial charge in [0.05, 0.1) is 0 Å². The first-order valence-electron chi connectivity index (χ1n) is 5.79. The molecule has 0 heterocycles. The highest BCUT2D eigenvalue weighted by Crippen LogP contribution is 2.01. The first-order chi connectivity index (χ1) is 6.85. The molecule has 0 N–H and O–H groups in total. The third kappa shape index (κ3) is 17.3. The van der Waals surface area contributed by atoms with E-state index in [1.54, 1.807) is 0 Å². The second kappa shape index (κ2) is 22.8. The fraction of sp³-hybridized carbons (Fsp3) is 0.571. The summed E-state index contributed by atoms with van der Waals surface area (Å²) in [4.78, 5) is 0. The van der Waals surface area contributed by atoms with Crippen LogP contribution in [-0.4, -0.2) is 0 Å². The molecule has 0 unspecified atom stereocenters. The predicted molar refractivity (Wildman–Crippen MR) is 70.7 cm³/mol. The molecule has 0 amide bonds. The average Bonchev–Trinajstić information content (AvgIpc) is 2.30. The van der Waals surface area contributed by atoms with E-state index in [0.717, 1.165) is 6.42 Å². The van der Waals surface area contributed by atoms with Crippen molar-refractivity contribution in [2.24, 2.45) is 0 Å². The van der Waals surface area contributed by atoms with Gasteiger partial charge >= 0.3 is 0 Å². The standard InChI is InChI=1S/C10H16.2C2H6/c1-4-7-8-9-10(5-2)6-3;2*1-2/h4-5,7-9H,6H2,1-3H3;2*1-2H3/b7-4-,9-8-,10-5-;;. The Morgan fingerprint density at radius 3 is 1.71 bits per heavy atom. The van der Waals surface area contributed by atoms with Gasteiger partial charge in [-0.1, -0.05) is 70.6 Å². The lowest BCUT2D eigenvalue weighted by Crippen LogP contribution is -1.70. The third-order valence-electron chi connectivity index (χ3n) is 1.39. The summed E-state index contributed by atoms with van der Waals surface area (Å²) in [6.07, 6.45) is 11.5. The van der Waals surface area contributed by atoms with E-state index in [-0.39, 0.29) is 0 Å². The summed E-state index contributed by atoms with van der Waals surface area (Å²) in [5.74, 6) is 0. The average molecular weight is 196 g/mol. The van der Waals surface area contributed by atoms with Gasteiger partial charge in [-0.3, -0.25) is 0 Å². The van der Waals surface area contributed by atoms with Gasteiger partial charge in [-0.15, -0.1) is 0 Å². The smallest absolute Gasteiger partial charge is 0.0311 e. The molecule has 0 aliphatic heterocycles. The fourth-order valence-corrected chi connectivity index (χ4v) is 0.708. The SMILES string of the molecule is CC.CC.C\C=C/C=C\C(=C/C)CC. The molecule has 84 valence electrons.